The molecule has 9 nitrogen and oxygen atoms in total. The summed E-state index contributed by atoms with van der Waals surface area (Å²) in [5.74, 6) is 2.55. The van der Waals surface area contributed by atoms with E-state index in [-0.39, 0.29) is 11.3 Å². The largest absolute Gasteiger partial charge is 0.386 e. The number of thioether (sulfide) groups is 2. The summed E-state index contributed by atoms with van der Waals surface area (Å²) in [6.45, 7) is 15.4. The van der Waals surface area contributed by atoms with Crippen molar-refractivity contribution in [1.29, 1.82) is 0 Å². The van der Waals surface area contributed by atoms with E-state index in [1.807, 2.05) is 55.7 Å². The van der Waals surface area contributed by atoms with E-state index in [1.165, 1.54) is 38.1 Å². The average Bonchev–Trinajstić information content (AvgIpc) is 3.00. The number of rotatable bonds is 14. The Labute approximate surface area is 286 Å². The number of hydrogen-bond acceptors (Lipinski definition) is 10. The Hall–Kier alpha value is -2.67. The fourth-order valence-electron chi connectivity index (χ4n) is 3.87. The van der Waals surface area contributed by atoms with Gasteiger partial charge in [-0.05, 0) is 67.5 Å². The SMILES string of the molecule is CCCCSC(=Nc1cccnc1)SCc1ccc(C(C)(C)C)cc1.CCCCc1c(C)nc(NCC)nc1OS(=O)(=O)N(C)C. The molecule has 12 heteroatoms. The van der Waals surface area contributed by atoms with Gasteiger partial charge in [-0.3, -0.25) is 4.98 Å². The van der Waals surface area contributed by atoms with E-state index in [4.69, 9.17) is 9.18 Å². The Balaban J connectivity index is 0.000000326. The van der Waals surface area contributed by atoms with Crippen LogP contribution in [0.3, 0.4) is 0 Å². The summed E-state index contributed by atoms with van der Waals surface area (Å²) in [6, 6.07) is 12.9. The summed E-state index contributed by atoms with van der Waals surface area (Å²) in [7, 11) is -0.998. The van der Waals surface area contributed by atoms with E-state index >= 15 is 0 Å². The Morgan fingerprint density at radius 1 is 1.00 bits per heavy atom. The summed E-state index contributed by atoms with van der Waals surface area (Å²) >= 11 is 3.67. The number of pyridine rings is 1. The van der Waals surface area contributed by atoms with E-state index in [2.05, 4.69) is 79.2 Å². The molecule has 0 bridgehead atoms. The highest BCUT2D eigenvalue weighted by Crippen LogP contribution is 2.28. The first-order chi connectivity index (χ1) is 21.8. The molecule has 3 aromatic rings. The summed E-state index contributed by atoms with van der Waals surface area (Å²) in [6.07, 6.45) is 8.64. The number of hydrogen-bond donors (Lipinski definition) is 1. The molecule has 0 aliphatic heterocycles. The zero-order chi connectivity index (χ0) is 34.2. The van der Waals surface area contributed by atoms with Gasteiger partial charge in [-0.15, -0.1) is 0 Å². The minimum Gasteiger partial charge on any atom is -0.354 e. The van der Waals surface area contributed by atoms with Crippen LogP contribution in [0.5, 0.6) is 5.88 Å². The highest BCUT2D eigenvalue weighted by atomic mass is 32.2. The van der Waals surface area contributed by atoms with Crippen LogP contribution in [-0.2, 0) is 27.9 Å². The summed E-state index contributed by atoms with van der Waals surface area (Å²) in [5.41, 5.74) is 5.32. The molecule has 0 fully saturated rings. The van der Waals surface area contributed by atoms with Crippen molar-refractivity contribution in [2.75, 3.05) is 31.7 Å². The van der Waals surface area contributed by atoms with Crippen LogP contribution >= 0.6 is 23.5 Å². The molecule has 0 radical (unpaired) electrons. The van der Waals surface area contributed by atoms with Gasteiger partial charge in [0.05, 0.1) is 11.9 Å². The zero-order valence-electron chi connectivity index (χ0n) is 29.0. The first-order valence-corrected chi connectivity index (χ1v) is 19.2. The molecule has 1 aromatic carbocycles. The molecule has 2 heterocycles. The van der Waals surface area contributed by atoms with Gasteiger partial charge in [0.1, 0.15) is 4.38 Å². The van der Waals surface area contributed by atoms with Gasteiger partial charge in [-0.2, -0.15) is 17.7 Å². The number of aliphatic imine (C=N–C) groups is 1. The smallest absolute Gasteiger partial charge is 0.354 e. The third-order valence-electron chi connectivity index (χ3n) is 6.69. The lowest BCUT2D eigenvalue weighted by Crippen LogP contribution is -2.28. The normalized spacial score (nSPS) is 12.1. The van der Waals surface area contributed by atoms with Crippen molar-refractivity contribution < 1.29 is 12.6 Å². The second kappa shape index (κ2) is 19.9. The molecule has 0 atom stereocenters. The van der Waals surface area contributed by atoms with E-state index in [0.717, 1.165) is 50.0 Å². The van der Waals surface area contributed by atoms with Crippen LogP contribution in [-0.4, -0.2) is 58.4 Å². The lowest BCUT2D eigenvalue weighted by molar-refractivity contribution is 0.411. The van der Waals surface area contributed by atoms with Gasteiger partial charge in [0.2, 0.25) is 11.8 Å². The van der Waals surface area contributed by atoms with Crippen molar-refractivity contribution in [3.8, 4) is 5.88 Å². The topological polar surface area (TPSA) is 110 Å². The molecule has 1 N–H and O–H groups in total. The number of nitrogens with zero attached hydrogens (tertiary/aromatic N) is 5. The third kappa shape index (κ3) is 14.0. The maximum absolute atomic E-state index is 11.9. The zero-order valence-corrected chi connectivity index (χ0v) is 31.4. The van der Waals surface area contributed by atoms with E-state index in [0.29, 0.717) is 18.9 Å². The Morgan fingerprint density at radius 2 is 1.70 bits per heavy atom. The van der Waals surface area contributed by atoms with Crippen LogP contribution in [0.15, 0.2) is 53.8 Å². The van der Waals surface area contributed by atoms with Gasteiger partial charge in [0.15, 0.2) is 0 Å². The molecular formula is C34H52N6O3S3. The average molecular weight is 689 g/mol. The second-order valence-electron chi connectivity index (χ2n) is 11.9. The lowest BCUT2D eigenvalue weighted by Gasteiger charge is -2.19. The molecule has 3 rings (SSSR count). The van der Waals surface area contributed by atoms with Crippen molar-refractivity contribution in [3.63, 3.8) is 0 Å². The molecule has 0 aliphatic carbocycles. The molecule has 0 unspecified atom stereocenters. The van der Waals surface area contributed by atoms with Gasteiger partial charge in [-0.1, -0.05) is 95.2 Å². The maximum Gasteiger partial charge on any atom is 0.386 e. The fraction of sp³-hybridized carbons (Fsp3) is 0.529. The molecule has 0 amide bonds. The first-order valence-electron chi connectivity index (χ1n) is 15.9. The number of aryl methyl sites for hydroxylation is 1. The fourth-order valence-corrected chi connectivity index (χ4v) is 6.55. The lowest BCUT2D eigenvalue weighted by atomic mass is 9.87. The predicted octanol–water partition coefficient (Wildman–Crippen LogP) is 8.58. The number of nitrogens with one attached hydrogen (secondary N) is 1. The van der Waals surface area contributed by atoms with Crippen LogP contribution in [0.25, 0.3) is 0 Å². The monoisotopic (exact) mass is 688 g/mol. The summed E-state index contributed by atoms with van der Waals surface area (Å²) < 4.78 is 31.2. The number of anilines is 1. The third-order valence-corrected chi connectivity index (χ3v) is 10.3. The molecule has 46 heavy (non-hydrogen) atoms. The summed E-state index contributed by atoms with van der Waals surface area (Å²) in [4.78, 5) is 17.5. The Bertz CT molecular complexity index is 1460. The molecule has 254 valence electrons. The molecule has 0 saturated carbocycles. The van der Waals surface area contributed by atoms with Crippen LogP contribution < -0.4 is 9.50 Å². The van der Waals surface area contributed by atoms with Crippen LogP contribution in [0.4, 0.5) is 11.6 Å². The van der Waals surface area contributed by atoms with Crippen molar-refractivity contribution in [1.82, 2.24) is 19.3 Å². The van der Waals surface area contributed by atoms with Crippen LogP contribution in [0, 0.1) is 6.92 Å². The van der Waals surface area contributed by atoms with Gasteiger partial charge in [-0.25, -0.2) is 9.98 Å². The Kier molecular flexibility index (Phi) is 17.1. The quantitative estimate of drug-likeness (QED) is 0.101. The van der Waals surface area contributed by atoms with Gasteiger partial charge in [0.25, 0.3) is 0 Å². The standard InChI is InChI=1S/C21H28N2S2.C13H24N4O3S/c1-5-6-14-24-20(23-19-8-7-13-22-15-19)25-16-17-9-11-18(12-10-17)21(2,3)4;1-6-8-9-11-10(3)15-13(14-7-2)16-12(11)20-21(18,19)17(4)5/h7-13,15H,5-6,14,16H2,1-4H3;6-9H2,1-5H3,(H,14,15,16). The van der Waals surface area contributed by atoms with E-state index < -0.39 is 10.3 Å². The highest BCUT2D eigenvalue weighted by molar-refractivity contribution is 8.38. The molecule has 2 aromatic heterocycles. The van der Waals surface area contributed by atoms with E-state index in [1.54, 1.807) is 6.20 Å². The van der Waals surface area contributed by atoms with Gasteiger partial charge in [0, 0.05) is 43.8 Å². The van der Waals surface area contributed by atoms with Crippen molar-refractivity contribution in [3.05, 3.63) is 71.2 Å². The minimum absolute atomic E-state index is 0.112. The Morgan fingerprint density at radius 3 is 2.26 bits per heavy atom. The number of unbranched alkanes of at least 4 members (excludes halogenated alkanes) is 2. The van der Waals surface area contributed by atoms with E-state index in [9.17, 15) is 8.42 Å². The van der Waals surface area contributed by atoms with Crippen molar-refractivity contribution in [2.45, 2.75) is 91.7 Å². The number of benzene rings is 1. The van der Waals surface area contributed by atoms with Crippen LogP contribution in [0.2, 0.25) is 0 Å². The number of aromatic nitrogens is 3. The molecule has 0 saturated heterocycles. The predicted molar refractivity (Wildman–Crippen MR) is 198 cm³/mol. The summed E-state index contributed by atoms with van der Waals surface area (Å²) in [5, 5.41) is 2.98. The maximum atomic E-state index is 11.9. The molecular weight excluding hydrogens is 637 g/mol. The second-order valence-corrected chi connectivity index (χ2v) is 16.0. The van der Waals surface area contributed by atoms with Gasteiger partial charge < -0.3 is 9.50 Å². The minimum atomic E-state index is -3.83. The molecule has 0 aliphatic rings. The first kappa shape index (κ1) is 39.5. The van der Waals surface area contributed by atoms with Crippen LogP contribution in [0.1, 0.15) is 89.6 Å². The molecule has 0 spiro atoms. The van der Waals surface area contributed by atoms with Gasteiger partial charge >= 0.3 is 10.3 Å². The highest BCUT2D eigenvalue weighted by Gasteiger charge is 2.22. The van der Waals surface area contributed by atoms with Crippen molar-refractivity contribution >= 4 is 49.8 Å². The van der Waals surface area contributed by atoms with Crippen molar-refractivity contribution in [2.24, 2.45) is 4.99 Å².